The SMILES string of the molecule is Cc1noc(C)c1CCC(=O)N1CC[C@@H]2CCCC[C@H]2C1. The minimum atomic E-state index is 0.305. The first kappa shape index (κ1) is 14.6. The Morgan fingerprint density at radius 2 is 2.00 bits per heavy atom. The van der Waals surface area contributed by atoms with Crippen molar-refractivity contribution in [3.8, 4) is 0 Å². The molecular formula is C17H26N2O2. The Bertz CT molecular complexity index is 489. The Morgan fingerprint density at radius 1 is 1.24 bits per heavy atom. The number of piperidine rings is 1. The van der Waals surface area contributed by atoms with Gasteiger partial charge in [0.1, 0.15) is 5.76 Å². The van der Waals surface area contributed by atoms with Crippen LogP contribution in [-0.2, 0) is 11.2 Å². The molecule has 0 bridgehead atoms. The normalized spacial score (nSPS) is 25.7. The van der Waals surface area contributed by atoms with Gasteiger partial charge in [0.05, 0.1) is 5.69 Å². The van der Waals surface area contributed by atoms with Crippen LogP contribution >= 0.6 is 0 Å². The van der Waals surface area contributed by atoms with Crippen LogP contribution in [0, 0.1) is 25.7 Å². The molecule has 0 aromatic carbocycles. The van der Waals surface area contributed by atoms with E-state index in [1.54, 1.807) is 0 Å². The summed E-state index contributed by atoms with van der Waals surface area (Å²) in [6.45, 7) is 5.82. The minimum absolute atomic E-state index is 0.305. The summed E-state index contributed by atoms with van der Waals surface area (Å²) < 4.78 is 5.17. The van der Waals surface area contributed by atoms with Crippen molar-refractivity contribution in [2.75, 3.05) is 13.1 Å². The number of amides is 1. The molecule has 1 saturated heterocycles. The third kappa shape index (κ3) is 3.14. The van der Waals surface area contributed by atoms with E-state index in [-0.39, 0.29) is 0 Å². The average Bonchev–Trinajstić information content (AvgIpc) is 2.83. The van der Waals surface area contributed by atoms with Crippen LogP contribution in [0.1, 0.15) is 55.5 Å². The molecular weight excluding hydrogens is 264 g/mol. The molecule has 3 rings (SSSR count). The van der Waals surface area contributed by atoms with Gasteiger partial charge in [0.15, 0.2) is 0 Å². The zero-order chi connectivity index (χ0) is 14.8. The highest BCUT2D eigenvalue weighted by molar-refractivity contribution is 5.76. The number of carbonyl (C=O) groups is 1. The van der Waals surface area contributed by atoms with Crippen LogP contribution in [0.4, 0.5) is 0 Å². The quantitative estimate of drug-likeness (QED) is 0.858. The number of fused-ring (bicyclic) bond motifs is 1. The van der Waals surface area contributed by atoms with E-state index in [4.69, 9.17) is 4.52 Å². The van der Waals surface area contributed by atoms with Crippen molar-refractivity contribution in [2.45, 2.75) is 58.8 Å². The van der Waals surface area contributed by atoms with Gasteiger partial charge in [-0.05, 0) is 44.9 Å². The lowest BCUT2D eigenvalue weighted by atomic mass is 9.75. The van der Waals surface area contributed by atoms with Crippen LogP contribution in [0.15, 0.2) is 4.52 Å². The lowest BCUT2D eigenvalue weighted by Gasteiger charge is -2.41. The van der Waals surface area contributed by atoms with Gasteiger partial charge in [-0.3, -0.25) is 4.79 Å². The first-order chi connectivity index (χ1) is 10.1. The number of hydrogen-bond donors (Lipinski definition) is 0. The maximum absolute atomic E-state index is 12.5. The lowest BCUT2D eigenvalue weighted by molar-refractivity contribution is -0.134. The van der Waals surface area contributed by atoms with E-state index in [2.05, 4.69) is 10.1 Å². The van der Waals surface area contributed by atoms with Crippen molar-refractivity contribution >= 4 is 5.91 Å². The van der Waals surface area contributed by atoms with Gasteiger partial charge < -0.3 is 9.42 Å². The molecule has 0 radical (unpaired) electrons. The molecule has 0 spiro atoms. The van der Waals surface area contributed by atoms with Gasteiger partial charge in [0.2, 0.25) is 5.91 Å². The Balaban J connectivity index is 1.54. The fourth-order valence-electron chi connectivity index (χ4n) is 4.08. The molecule has 21 heavy (non-hydrogen) atoms. The molecule has 4 heteroatoms. The first-order valence-corrected chi connectivity index (χ1v) is 8.34. The summed E-state index contributed by atoms with van der Waals surface area (Å²) in [5.74, 6) is 2.80. The predicted octanol–water partition coefficient (Wildman–Crippen LogP) is 3.26. The molecule has 2 fully saturated rings. The highest BCUT2D eigenvalue weighted by atomic mass is 16.5. The Kier molecular flexibility index (Phi) is 4.32. The van der Waals surface area contributed by atoms with Gasteiger partial charge >= 0.3 is 0 Å². The van der Waals surface area contributed by atoms with Crippen molar-refractivity contribution in [1.29, 1.82) is 0 Å². The monoisotopic (exact) mass is 290 g/mol. The van der Waals surface area contributed by atoms with E-state index in [1.807, 2.05) is 13.8 Å². The van der Waals surface area contributed by atoms with Gasteiger partial charge in [0.25, 0.3) is 0 Å². The summed E-state index contributed by atoms with van der Waals surface area (Å²) >= 11 is 0. The summed E-state index contributed by atoms with van der Waals surface area (Å²) in [6.07, 6.45) is 7.99. The van der Waals surface area contributed by atoms with Crippen molar-refractivity contribution in [1.82, 2.24) is 10.1 Å². The third-order valence-electron chi connectivity index (χ3n) is 5.41. The van der Waals surface area contributed by atoms with E-state index in [0.717, 1.165) is 48.4 Å². The molecule has 2 heterocycles. The molecule has 116 valence electrons. The van der Waals surface area contributed by atoms with Crippen LogP contribution in [0.2, 0.25) is 0 Å². The standard InChI is InChI=1S/C17H26N2O2/c1-12-16(13(2)21-18-12)7-8-17(20)19-10-9-14-5-3-4-6-15(14)11-19/h14-15H,3-11H2,1-2H3/t14-,15-/m0/s1. The second-order valence-corrected chi connectivity index (χ2v) is 6.74. The van der Waals surface area contributed by atoms with Crippen LogP contribution in [0.5, 0.6) is 0 Å². The van der Waals surface area contributed by atoms with E-state index >= 15 is 0 Å². The predicted molar refractivity (Wildman–Crippen MR) is 80.9 cm³/mol. The minimum Gasteiger partial charge on any atom is -0.361 e. The summed E-state index contributed by atoms with van der Waals surface area (Å²) in [6, 6.07) is 0. The van der Waals surface area contributed by atoms with E-state index in [1.165, 1.54) is 32.1 Å². The van der Waals surface area contributed by atoms with Gasteiger partial charge in [0, 0.05) is 25.1 Å². The van der Waals surface area contributed by atoms with Crippen LogP contribution in [-0.4, -0.2) is 29.1 Å². The molecule has 2 aliphatic rings. The molecule has 4 nitrogen and oxygen atoms in total. The van der Waals surface area contributed by atoms with Crippen molar-refractivity contribution in [3.05, 3.63) is 17.0 Å². The van der Waals surface area contributed by atoms with E-state index < -0.39 is 0 Å². The highest BCUT2D eigenvalue weighted by Gasteiger charge is 2.32. The molecule has 1 saturated carbocycles. The first-order valence-electron chi connectivity index (χ1n) is 8.34. The summed E-state index contributed by atoms with van der Waals surface area (Å²) in [5, 5.41) is 3.96. The summed E-state index contributed by atoms with van der Waals surface area (Å²) in [4.78, 5) is 14.6. The number of hydrogen-bond acceptors (Lipinski definition) is 3. The van der Waals surface area contributed by atoms with Crippen LogP contribution in [0.25, 0.3) is 0 Å². The Labute approximate surface area is 126 Å². The maximum Gasteiger partial charge on any atom is 0.222 e. The van der Waals surface area contributed by atoms with Crippen molar-refractivity contribution in [3.63, 3.8) is 0 Å². The average molecular weight is 290 g/mol. The Morgan fingerprint density at radius 3 is 2.71 bits per heavy atom. The largest absolute Gasteiger partial charge is 0.361 e. The molecule has 1 aromatic rings. The number of rotatable bonds is 3. The zero-order valence-electron chi connectivity index (χ0n) is 13.2. The van der Waals surface area contributed by atoms with E-state index in [0.29, 0.717) is 12.3 Å². The van der Waals surface area contributed by atoms with Crippen LogP contribution < -0.4 is 0 Å². The topological polar surface area (TPSA) is 46.3 Å². The number of aromatic nitrogens is 1. The molecule has 1 aromatic heterocycles. The Hall–Kier alpha value is -1.32. The molecule has 1 amide bonds. The van der Waals surface area contributed by atoms with E-state index in [9.17, 15) is 4.79 Å². The molecule has 0 unspecified atom stereocenters. The lowest BCUT2D eigenvalue weighted by Crippen LogP contribution is -2.44. The summed E-state index contributed by atoms with van der Waals surface area (Å²) in [5.41, 5.74) is 2.03. The van der Waals surface area contributed by atoms with Gasteiger partial charge in [-0.15, -0.1) is 0 Å². The number of likely N-dealkylation sites (tertiary alicyclic amines) is 1. The molecule has 0 N–H and O–H groups in total. The highest BCUT2D eigenvalue weighted by Crippen LogP contribution is 2.36. The van der Waals surface area contributed by atoms with Crippen molar-refractivity contribution in [2.24, 2.45) is 11.8 Å². The molecule has 1 aliphatic heterocycles. The van der Waals surface area contributed by atoms with Crippen molar-refractivity contribution < 1.29 is 9.32 Å². The molecule has 2 atom stereocenters. The van der Waals surface area contributed by atoms with Gasteiger partial charge in [-0.1, -0.05) is 24.4 Å². The zero-order valence-corrected chi connectivity index (χ0v) is 13.2. The van der Waals surface area contributed by atoms with Gasteiger partial charge in [-0.2, -0.15) is 0 Å². The fourth-order valence-corrected chi connectivity index (χ4v) is 4.08. The number of carbonyl (C=O) groups excluding carboxylic acids is 1. The smallest absolute Gasteiger partial charge is 0.222 e. The van der Waals surface area contributed by atoms with Gasteiger partial charge in [-0.25, -0.2) is 0 Å². The second-order valence-electron chi connectivity index (χ2n) is 6.74. The number of nitrogens with zero attached hydrogens (tertiary/aromatic N) is 2. The second kappa shape index (κ2) is 6.20. The third-order valence-corrected chi connectivity index (χ3v) is 5.41. The fraction of sp³-hybridized carbons (Fsp3) is 0.765. The van der Waals surface area contributed by atoms with Crippen LogP contribution in [0.3, 0.4) is 0 Å². The maximum atomic E-state index is 12.5. The summed E-state index contributed by atoms with van der Waals surface area (Å²) in [7, 11) is 0. The number of aryl methyl sites for hydroxylation is 2. The molecule has 1 aliphatic carbocycles.